The second-order valence-electron chi connectivity index (χ2n) is 21.4. The van der Waals surface area contributed by atoms with E-state index in [0.29, 0.717) is 22.7 Å². The van der Waals surface area contributed by atoms with Crippen molar-refractivity contribution in [3.05, 3.63) is 218 Å². The summed E-state index contributed by atoms with van der Waals surface area (Å²) < 4.78 is 22.4. The maximum absolute atomic E-state index is 12.8. The van der Waals surface area contributed by atoms with E-state index in [1.807, 2.05) is 120 Å². The van der Waals surface area contributed by atoms with Gasteiger partial charge in [0.2, 0.25) is 23.6 Å². The molecule has 2 atom stereocenters. The van der Waals surface area contributed by atoms with Crippen molar-refractivity contribution in [2.45, 2.75) is 130 Å². The average molecular weight is 2230 g/mol. The van der Waals surface area contributed by atoms with Gasteiger partial charge in [-0.2, -0.15) is 0 Å². The molecule has 4 aromatic rings. The number of fused-ring (bicyclic) bond motifs is 4. The van der Waals surface area contributed by atoms with E-state index in [1.54, 1.807) is 28.4 Å². The molecule has 2 saturated heterocycles. The summed E-state index contributed by atoms with van der Waals surface area (Å²) >= 11 is 0. The summed E-state index contributed by atoms with van der Waals surface area (Å²) in [5.41, 5.74) is 12.3. The molecule has 8 aliphatic heterocycles. The van der Waals surface area contributed by atoms with Crippen LogP contribution >= 0.6 is 0 Å². The zero-order chi connectivity index (χ0) is 56.5. The zero-order valence-electron chi connectivity index (χ0n) is 56.0. The van der Waals surface area contributed by atoms with Gasteiger partial charge in [0.25, 0.3) is 0 Å². The van der Waals surface area contributed by atoms with Crippen LogP contribution in [0.4, 0.5) is 0 Å². The van der Waals surface area contributed by atoms with Crippen LogP contribution in [-0.4, -0.2) is 110 Å². The number of amides is 4. The van der Waals surface area contributed by atoms with Crippen molar-refractivity contribution in [2.24, 2.45) is 0 Å². The first-order valence-electron chi connectivity index (χ1n) is 28.7. The number of benzene rings is 4. The largest absolute Gasteiger partial charge is 0.508 e. The molecule has 4 radical (unpaired) electrons. The Hall–Kier alpha value is -0.431. The molecular weight excluding hydrogens is 2140 g/mol. The Morgan fingerprint density at radius 1 is 0.380 bits per heavy atom. The zero-order valence-corrected chi connectivity index (χ0v) is 79.0. The molecule has 488 valence electrons. The number of aryl methyl sites for hydroxylation is 4. The third-order valence-electron chi connectivity index (χ3n) is 16.4. The summed E-state index contributed by atoms with van der Waals surface area (Å²) in [7, 11) is 6.62. The molecule has 0 aliphatic carbocycles. The van der Waals surface area contributed by atoms with Crippen molar-refractivity contribution >= 4 is 45.9 Å². The van der Waals surface area contributed by atoms with Crippen molar-refractivity contribution < 1.29 is 253 Å². The van der Waals surface area contributed by atoms with Crippen LogP contribution in [0.15, 0.2) is 119 Å². The van der Waals surface area contributed by atoms with Crippen LogP contribution in [0.25, 0.3) is 22.3 Å². The number of carbonyl (C=O) groups excluding carboxylic acids is 4. The predicted octanol–water partition coefficient (Wildman–Crippen LogP) is 13.8. The fraction of sp³-hybridized carbons (Fsp3) is 0.389. The Bertz CT molecular complexity index is 3030. The molecule has 4 aromatic carbocycles. The number of ether oxygens (including phenoxy) is 4. The fourth-order valence-corrected chi connectivity index (χ4v) is 12.4. The standard InChI is InChI=1S/2C17H20NO2.2C17H18NO2.4CH3.4W.4Y/c4*1-12-8-5-6-9-13(12)15-16(20-2)14-10-4-3-7-11-18(14)17(15)19;;;;;;;;;;;;/h2*5-6,8,14H,3-4,7,10-11H2,1-2H3;2*5-6,8,10H,3-4,7,11H2,1-2H3;4*1H3;;;;;;;;/q8*-1;;;;;;;;. The van der Waals surface area contributed by atoms with Gasteiger partial charge in [0.15, 0.2) is 0 Å². The van der Waals surface area contributed by atoms with Crippen molar-refractivity contribution in [3.8, 4) is 0 Å². The van der Waals surface area contributed by atoms with Gasteiger partial charge in [-0.15, -0.1) is 142 Å². The van der Waals surface area contributed by atoms with Gasteiger partial charge in [-0.3, -0.25) is 19.2 Å². The minimum absolute atomic E-state index is 0. The molecule has 8 heterocycles. The first-order chi connectivity index (χ1) is 38.9. The second-order valence-corrected chi connectivity index (χ2v) is 21.4. The minimum Gasteiger partial charge on any atom is -0.508 e. The van der Waals surface area contributed by atoms with Crippen LogP contribution in [0, 0.1) is 81.7 Å². The average Bonchev–Trinajstić information content (AvgIpc) is 1.95. The summed E-state index contributed by atoms with van der Waals surface area (Å²) in [6.07, 6.45) is 19.4. The van der Waals surface area contributed by atoms with Crippen molar-refractivity contribution in [1.82, 2.24) is 19.6 Å². The molecule has 2 unspecified atom stereocenters. The smallest absolute Gasteiger partial charge is 0.220 e. The minimum atomic E-state index is 0. The Morgan fingerprint density at radius 2 is 0.674 bits per heavy atom. The molecule has 0 N–H and O–H groups in total. The van der Waals surface area contributed by atoms with Gasteiger partial charge in [-0.25, -0.2) is 0 Å². The second kappa shape index (κ2) is 47.6. The van der Waals surface area contributed by atoms with Crippen molar-refractivity contribution in [2.75, 3.05) is 54.6 Å². The summed E-state index contributed by atoms with van der Waals surface area (Å²) in [6.45, 7) is 11.2. The molecule has 4 amide bonds. The maximum atomic E-state index is 12.8. The van der Waals surface area contributed by atoms with Crippen LogP contribution in [0.1, 0.15) is 134 Å². The predicted molar refractivity (Wildman–Crippen MR) is 337 cm³/mol. The van der Waals surface area contributed by atoms with E-state index < -0.39 is 0 Å². The van der Waals surface area contributed by atoms with E-state index in [4.69, 9.17) is 18.9 Å². The molecule has 92 heavy (non-hydrogen) atoms. The molecule has 8 aliphatic rings. The molecule has 0 aromatic heterocycles. The van der Waals surface area contributed by atoms with Gasteiger partial charge in [0.05, 0.1) is 63.4 Å². The summed E-state index contributed by atoms with van der Waals surface area (Å²) in [4.78, 5) is 58.7. The fourth-order valence-electron chi connectivity index (χ4n) is 12.4. The summed E-state index contributed by atoms with van der Waals surface area (Å²) in [5.74, 6) is 3.37. The first-order valence-corrected chi connectivity index (χ1v) is 28.7. The number of hydrogen-bond acceptors (Lipinski definition) is 8. The van der Waals surface area contributed by atoms with Gasteiger partial charge >= 0.3 is 0 Å². The summed E-state index contributed by atoms with van der Waals surface area (Å²) in [5, 5.41) is 0. The van der Waals surface area contributed by atoms with Gasteiger partial charge < -0.3 is 68.3 Å². The molecule has 2 fully saturated rings. The molecular formula is C72H88N4O8W4Y4-8. The number of hydrogen-bond donors (Lipinski definition) is 0. The topological polar surface area (TPSA) is 118 Å². The number of methoxy groups -OCH3 is 4. The summed E-state index contributed by atoms with van der Waals surface area (Å²) in [6, 6.07) is 36.2. The Kier molecular flexibility index (Phi) is 50.7. The SMILES string of the molecule is COC1=C(c2[c-]cccc2C)C(=O)N2CCCCC=C12.COC1=C(c2[c-]cccc2C)C(=O)N2CCCCC=C12.COC1=C(c2[c-]cccc2C)C(=O)N2CCCCCC12.COC1=C(c2[c-]cccc2C)C(=O)N2CCCCCC12.[CH3-].[CH3-].[CH3-].[CH3-].[W].[W].[W].[W].[Y].[Y].[Y].[Y]. The Labute approximate surface area is 710 Å². The monoisotopic (exact) mass is 2230 g/mol. The van der Waals surface area contributed by atoms with Gasteiger partial charge in [0, 0.05) is 264 Å². The van der Waals surface area contributed by atoms with Crippen molar-refractivity contribution in [1.29, 1.82) is 0 Å². The van der Waals surface area contributed by atoms with Crippen LogP contribution in [-0.2, 0) is 253 Å². The molecule has 20 heteroatoms. The van der Waals surface area contributed by atoms with Gasteiger partial charge in [-0.05, 0) is 64.2 Å². The number of rotatable bonds is 8. The van der Waals surface area contributed by atoms with Crippen LogP contribution in [0.3, 0.4) is 0 Å². The van der Waals surface area contributed by atoms with Crippen LogP contribution in [0.5, 0.6) is 0 Å². The third kappa shape index (κ3) is 21.8. The normalized spacial score (nSPS) is 18.1. The molecule has 12 nitrogen and oxygen atoms in total. The Morgan fingerprint density at radius 3 is 0.957 bits per heavy atom. The van der Waals surface area contributed by atoms with E-state index in [2.05, 4.69) is 36.4 Å². The molecule has 0 spiro atoms. The van der Waals surface area contributed by atoms with E-state index >= 15 is 0 Å². The van der Waals surface area contributed by atoms with E-state index in [1.165, 1.54) is 12.8 Å². The van der Waals surface area contributed by atoms with E-state index in [-0.39, 0.29) is 281 Å². The van der Waals surface area contributed by atoms with E-state index in [0.717, 1.165) is 182 Å². The van der Waals surface area contributed by atoms with Crippen LogP contribution < -0.4 is 0 Å². The van der Waals surface area contributed by atoms with Gasteiger partial charge in [-0.1, -0.05) is 65.5 Å². The quantitative estimate of drug-likeness (QED) is 0.160. The molecule has 0 bridgehead atoms. The van der Waals surface area contributed by atoms with E-state index in [9.17, 15) is 19.2 Å². The van der Waals surface area contributed by atoms with Crippen molar-refractivity contribution in [3.63, 3.8) is 0 Å². The van der Waals surface area contributed by atoms with Gasteiger partial charge in [0.1, 0.15) is 11.5 Å². The maximum Gasteiger partial charge on any atom is 0.220 e. The third-order valence-corrected chi connectivity index (χ3v) is 16.4. The van der Waals surface area contributed by atoms with Crippen LogP contribution in [0.2, 0.25) is 0 Å². The number of allylic oxidation sites excluding steroid dienone is 2. The Balaban J connectivity index is -0.000000538. The number of carbonyl (C=O) groups is 4. The molecule has 0 saturated carbocycles. The molecule has 12 rings (SSSR count). The first kappa shape index (κ1) is 98.0. The number of nitrogens with zero attached hydrogens (tertiary/aromatic N) is 4.